The van der Waals surface area contributed by atoms with Crippen LogP contribution in [0, 0.1) is 5.41 Å². The van der Waals surface area contributed by atoms with Gasteiger partial charge < -0.3 is 15.5 Å². The molecule has 1 saturated heterocycles. The van der Waals surface area contributed by atoms with Crippen LogP contribution in [0.25, 0.3) is 0 Å². The topological polar surface area (TPSA) is 74.3 Å². The van der Waals surface area contributed by atoms with Crippen LogP contribution in [0.3, 0.4) is 0 Å². The van der Waals surface area contributed by atoms with Crippen LogP contribution >= 0.6 is 0 Å². The standard InChI is InChI=1S/C15H22N4O2/c1-4-15(2,3)14(21)18-11-5-6-12(17-9-11)19-8-7-16-13(20)10-19/h5-6,9H,4,7-8,10H2,1-3H3,(H,16,20)(H,18,21). The van der Waals surface area contributed by atoms with Gasteiger partial charge >= 0.3 is 0 Å². The third kappa shape index (κ3) is 3.71. The minimum Gasteiger partial charge on any atom is -0.353 e. The van der Waals surface area contributed by atoms with E-state index in [9.17, 15) is 9.59 Å². The average molecular weight is 290 g/mol. The average Bonchev–Trinajstić information content (AvgIpc) is 2.48. The molecule has 1 aromatic rings. The first-order valence-electron chi connectivity index (χ1n) is 7.21. The fourth-order valence-corrected chi connectivity index (χ4v) is 1.94. The molecule has 0 aromatic carbocycles. The molecule has 0 unspecified atom stereocenters. The van der Waals surface area contributed by atoms with E-state index in [2.05, 4.69) is 15.6 Å². The maximum atomic E-state index is 12.1. The van der Waals surface area contributed by atoms with E-state index >= 15 is 0 Å². The van der Waals surface area contributed by atoms with E-state index < -0.39 is 5.41 Å². The van der Waals surface area contributed by atoms with E-state index in [1.54, 1.807) is 6.20 Å². The Morgan fingerprint density at radius 1 is 1.48 bits per heavy atom. The summed E-state index contributed by atoms with van der Waals surface area (Å²) in [5.74, 6) is 0.736. The zero-order chi connectivity index (χ0) is 15.5. The number of anilines is 2. The van der Waals surface area contributed by atoms with Crippen LogP contribution in [0.5, 0.6) is 0 Å². The Hall–Kier alpha value is -2.11. The van der Waals surface area contributed by atoms with Crippen LogP contribution < -0.4 is 15.5 Å². The largest absolute Gasteiger partial charge is 0.353 e. The number of hydrogen-bond acceptors (Lipinski definition) is 4. The predicted octanol–water partition coefficient (Wildman–Crippen LogP) is 1.39. The third-order valence-corrected chi connectivity index (χ3v) is 3.87. The number of nitrogens with one attached hydrogen (secondary N) is 2. The van der Waals surface area contributed by atoms with Gasteiger partial charge in [-0.25, -0.2) is 4.98 Å². The van der Waals surface area contributed by atoms with Crippen molar-refractivity contribution in [3.8, 4) is 0 Å². The minimum absolute atomic E-state index is 0.00475. The van der Waals surface area contributed by atoms with Gasteiger partial charge in [-0.3, -0.25) is 9.59 Å². The Labute approximate surface area is 124 Å². The van der Waals surface area contributed by atoms with E-state index in [1.165, 1.54) is 0 Å². The van der Waals surface area contributed by atoms with Gasteiger partial charge in [-0.15, -0.1) is 0 Å². The van der Waals surface area contributed by atoms with Crippen molar-refractivity contribution in [3.63, 3.8) is 0 Å². The van der Waals surface area contributed by atoms with Gasteiger partial charge in [0, 0.05) is 18.5 Å². The normalized spacial score (nSPS) is 15.6. The number of carbonyl (C=O) groups is 2. The van der Waals surface area contributed by atoms with Gasteiger partial charge in [0.25, 0.3) is 0 Å². The number of pyridine rings is 1. The molecule has 1 aromatic heterocycles. The molecule has 0 bridgehead atoms. The zero-order valence-corrected chi connectivity index (χ0v) is 12.8. The van der Waals surface area contributed by atoms with Crippen molar-refractivity contribution in [1.82, 2.24) is 10.3 Å². The van der Waals surface area contributed by atoms with Gasteiger partial charge in [0.2, 0.25) is 11.8 Å². The van der Waals surface area contributed by atoms with Gasteiger partial charge in [0.15, 0.2) is 0 Å². The highest BCUT2D eigenvalue weighted by atomic mass is 16.2. The Kier molecular flexibility index (Phi) is 4.45. The van der Waals surface area contributed by atoms with Crippen molar-refractivity contribution in [2.45, 2.75) is 27.2 Å². The molecule has 114 valence electrons. The lowest BCUT2D eigenvalue weighted by Crippen LogP contribution is -2.48. The second-order valence-electron chi connectivity index (χ2n) is 5.87. The molecule has 6 heteroatoms. The van der Waals surface area contributed by atoms with Crippen LogP contribution in [0.15, 0.2) is 18.3 Å². The molecule has 2 heterocycles. The summed E-state index contributed by atoms with van der Waals surface area (Å²) < 4.78 is 0. The zero-order valence-electron chi connectivity index (χ0n) is 12.8. The quantitative estimate of drug-likeness (QED) is 0.879. The Bertz CT molecular complexity index is 525. The van der Waals surface area contributed by atoms with Crippen LogP contribution in [0.1, 0.15) is 27.2 Å². The Balaban J connectivity index is 2.02. The molecule has 1 fully saturated rings. The highest BCUT2D eigenvalue weighted by molar-refractivity contribution is 5.94. The maximum absolute atomic E-state index is 12.1. The molecule has 0 saturated carbocycles. The van der Waals surface area contributed by atoms with Crippen LogP contribution in [-0.2, 0) is 9.59 Å². The molecule has 6 nitrogen and oxygen atoms in total. The lowest BCUT2D eigenvalue weighted by Gasteiger charge is -2.27. The van der Waals surface area contributed by atoms with Crippen molar-refractivity contribution in [2.24, 2.45) is 5.41 Å². The summed E-state index contributed by atoms with van der Waals surface area (Å²) in [4.78, 5) is 29.7. The van der Waals surface area contributed by atoms with Gasteiger partial charge in [0.05, 0.1) is 18.4 Å². The van der Waals surface area contributed by atoms with Crippen molar-refractivity contribution >= 4 is 23.3 Å². The molecule has 2 N–H and O–H groups in total. The predicted molar refractivity (Wildman–Crippen MR) is 82.2 cm³/mol. The van der Waals surface area contributed by atoms with Crippen molar-refractivity contribution < 1.29 is 9.59 Å². The summed E-state index contributed by atoms with van der Waals surface area (Å²) in [6, 6.07) is 3.64. The SMILES string of the molecule is CCC(C)(C)C(=O)Nc1ccc(N2CCNC(=O)C2)nc1. The lowest BCUT2D eigenvalue weighted by atomic mass is 9.89. The van der Waals surface area contributed by atoms with Gasteiger partial charge in [-0.2, -0.15) is 0 Å². The molecule has 0 atom stereocenters. The first-order valence-corrected chi connectivity index (χ1v) is 7.21. The number of carbonyl (C=O) groups excluding carboxylic acids is 2. The lowest BCUT2D eigenvalue weighted by molar-refractivity contribution is -0.124. The summed E-state index contributed by atoms with van der Waals surface area (Å²) in [6.07, 6.45) is 2.40. The van der Waals surface area contributed by atoms with Gasteiger partial charge in [0.1, 0.15) is 5.82 Å². The monoisotopic (exact) mass is 290 g/mol. The molecule has 0 aliphatic carbocycles. The van der Waals surface area contributed by atoms with E-state index in [-0.39, 0.29) is 11.8 Å². The summed E-state index contributed by atoms with van der Waals surface area (Å²) in [5, 5.41) is 5.65. The number of piperazine rings is 1. The summed E-state index contributed by atoms with van der Waals surface area (Å²) in [6.45, 7) is 7.51. The Morgan fingerprint density at radius 2 is 2.24 bits per heavy atom. The van der Waals surface area contributed by atoms with E-state index in [0.717, 1.165) is 18.8 Å². The van der Waals surface area contributed by atoms with E-state index in [1.807, 2.05) is 37.8 Å². The minimum atomic E-state index is -0.399. The molecule has 0 spiro atoms. The van der Waals surface area contributed by atoms with Gasteiger partial charge in [-0.05, 0) is 18.6 Å². The number of nitrogens with zero attached hydrogens (tertiary/aromatic N) is 2. The fourth-order valence-electron chi connectivity index (χ4n) is 1.94. The van der Waals surface area contributed by atoms with Crippen LogP contribution in [0.4, 0.5) is 11.5 Å². The second kappa shape index (κ2) is 6.11. The molecule has 2 rings (SSSR count). The highest BCUT2D eigenvalue weighted by Crippen LogP contribution is 2.22. The fraction of sp³-hybridized carbons (Fsp3) is 0.533. The van der Waals surface area contributed by atoms with Gasteiger partial charge in [-0.1, -0.05) is 20.8 Å². The number of hydrogen-bond donors (Lipinski definition) is 2. The first kappa shape index (κ1) is 15.3. The van der Waals surface area contributed by atoms with E-state index in [0.29, 0.717) is 18.8 Å². The smallest absolute Gasteiger partial charge is 0.239 e. The molecular formula is C15H22N4O2. The number of rotatable bonds is 4. The molecule has 1 aliphatic rings. The first-order chi connectivity index (χ1) is 9.92. The van der Waals surface area contributed by atoms with Crippen molar-refractivity contribution in [2.75, 3.05) is 29.9 Å². The van der Waals surface area contributed by atoms with Crippen LogP contribution in [0.2, 0.25) is 0 Å². The molecule has 0 radical (unpaired) electrons. The Morgan fingerprint density at radius 3 is 2.81 bits per heavy atom. The second-order valence-corrected chi connectivity index (χ2v) is 5.87. The number of amides is 2. The van der Waals surface area contributed by atoms with Crippen molar-refractivity contribution in [1.29, 1.82) is 0 Å². The number of aromatic nitrogens is 1. The molecular weight excluding hydrogens is 268 g/mol. The van der Waals surface area contributed by atoms with Crippen LogP contribution in [-0.4, -0.2) is 36.4 Å². The molecule has 21 heavy (non-hydrogen) atoms. The highest BCUT2D eigenvalue weighted by Gasteiger charge is 2.25. The van der Waals surface area contributed by atoms with E-state index in [4.69, 9.17) is 0 Å². The van der Waals surface area contributed by atoms with Crippen molar-refractivity contribution in [3.05, 3.63) is 18.3 Å². The summed E-state index contributed by atoms with van der Waals surface area (Å²) >= 11 is 0. The summed E-state index contributed by atoms with van der Waals surface area (Å²) in [7, 11) is 0. The third-order valence-electron chi connectivity index (χ3n) is 3.87. The molecule has 1 aliphatic heterocycles. The summed E-state index contributed by atoms with van der Waals surface area (Å²) in [5.41, 5.74) is 0.274. The molecule has 2 amide bonds. The maximum Gasteiger partial charge on any atom is 0.239 e.